The minimum atomic E-state index is -0.979. The van der Waals surface area contributed by atoms with Crippen LogP contribution in [0.3, 0.4) is 0 Å². The van der Waals surface area contributed by atoms with E-state index in [1.165, 1.54) is 31.7 Å². The van der Waals surface area contributed by atoms with E-state index in [1.807, 2.05) is 6.07 Å². The molecule has 2 saturated carbocycles. The molecule has 164 valence electrons. The highest BCUT2D eigenvalue weighted by molar-refractivity contribution is 5.66. The average Bonchev–Trinajstić information content (AvgIpc) is 2.79. The number of hydrogen-bond acceptors (Lipinski definition) is 0. The molecule has 3 heteroatoms. The summed E-state index contributed by atoms with van der Waals surface area (Å²) in [7, 11) is 0. The van der Waals surface area contributed by atoms with E-state index in [9.17, 15) is 8.78 Å². The molecule has 0 aromatic heterocycles. The lowest BCUT2D eigenvalue weighted by Gasteiger charge is -2.41. The largest absolute Gasteiger partial charge is 0.206 e. The van der Waals surface area contributed by atoms with Crippen LogP contribution in [-0.2, 0) is 6.42 Å². The Balaban J connectivity index is 1.52. The molecule has 2 aliphatic carbocycles. The van der Waals surface area contributed by atoms with Crippen molar-refractivity contribution < 1.29 is 13.2 Å². The first kappa shape index (κ1) is 21.9. The van der Waals surface area contributed by atoms with Crippen molar-refractivity contribution >= 4 is 0 Å². The van der Waals surface area contributed by atoms with Gasteiger partial charge in [-0.25, -0.2) is 13.2 Å². The van der Waals surface area contributed by atoms with Crippen molar-refractivity contribution in [3.63, 3.8) is 0 Å². The maximum Gasteiger partial charge on any atom is 0.167 e. The maximum atomic E-state index is 15.0. The summed E-state index contributed by atoms with van der Waals surface area (Å²) >= 11 is 0. The molecular formula is C28H31F3. The Hall–Kier alpha value is -2.29. The Kier molecular flexibility index (Phi) is 6.69. The fraction of sp³-hybridized carbons (Fsp3) is 0.429. The van der Waals surface area contributed by atoms with Crippen molar-refractivity contribution in [3.05, 3.63) is 84.2 Å². The molecule has 0 N–H and O–H groups in total. The maximum absolute atomic E-state index is 15.0. The molecule has 2 aromatic rings. The average molecular weight is 425 g/mol. The highest BCUT2D eigenvalue weighted by atomic mass is 19.2. The van der Waals surface area contributed by atoms with Gasteiger partial charge in [-0.15, -0.1) is 13.2 Å². The summed E-state index contributed by atoms with van der Waals surface area (Å²) in [5, 5.41) is 0. The summed E-state index contributed by atoms with van der Waals surface area (Å²) in [6.07, 6.45) is 11.7. The first-order chi connectivity index (χ1) is 15.0. The fourth-order valence-electron chi connectivity index (χ4n) is 5.69. The van der Waals surface area contributed by atoms with E-state index in [0.29, 0.717) is 36.2 Å². The molecule has 0 aliphatic heterocycles. The van der Waals surface area contributed by atoms with Crippen LogP contribution >= 0.6 is 0 Å². The molecule has 2 fully saturated rings. The van der Waals surface area contributed by atoms with Crippen LogP contribution in [0.25, 0.3) is 11.1 Å². The van der Waals surface area contributed by atoms with Crippen molar-refractivity contribution in [3.8, 4) is 11.1 Å². The molecule has 4 unspecified atom stereocenters. The van der Waals surface area contributed by atoms with E-state index < -0.39 is 17.5 Å². The Morgan fingerprint density at radius 2 is 1.58 bits per heavy atom. The van der Waals surface area contributed by atoms with Gasteiger partial charge in [0.2, 0.25) is 0 Å². The van der Waals surface area contributed by atoms with Gasteiger partial charge >= 0.3 is 0 Å². The SMILES string of the molecule is C=CCCc1ccc(-c2ccc(C3CCC4CC(C=C)CCC4C3)cc2F)c(F)c1F. The quantitative estimate of drug-likeness (QED) is 0.409. The van der Waals surface area contributed by atoms with Gasteiger partial charge in [0.25, 0.3) is 0 Å². The van der Waals surface area contributed by atoms with Gasteiger partial charge < -0.3 is 0 Å². The molecule has 2 aromatic carbocycles. The van der Waals surface area contributed by atoms with Crippen molar-refractivity contribution in [2.24, 2.45) is 17.8 Å². The van der Waals surface area contributed by atoms with Crippen molar-refractivity contribution in [1.82, 2.24) is 0 Å². The number of halogens is 3. The summed E-state index contributed by atoms with van der Waals surface area (Å²) in [4.78, 5) is 0. The minimum absolute atomic E-state index is 0.0182. The molecule has 0 nitrogen and oxygen atoms in total. The third-order valence-electron chi connectivity index (χ3n) is 7.52. The van der Waals surface area contributed by atoms with E-state index in [4.69, 9.17) is 0 Å². The lowest BCUT2D eigenvalue weighted by molar-refractivity contribution is 0.133. The van der Waals surface area contributed by atoms with Gasteiger partial charge in [-0.2, -0.15) is 0 Å². The van der Waals surface area contributed by atoms with Crippen LogP contribution < -0.4 is 0 Å². The lowest BCUT2D eigenvalue weighted by atomic mass is 9.64. The smallest absolute Gasteiger partial charge is 0.167 e. The van der Waals surface area contributed by atoms with Gasteiger partial charge in [-0.05, 0) is 92.2 Å². The van der Waals surface area contributed by atoms with Gasteiger partial charge in [0.15, 0.2) is 11.6 Å². The van der Waals surface area contributed by atoms with E-state index >= 15 is 4.39 Å². The zero-order valence-electron chi connectivity index (χ0n) is 18.1. The van der Waals surface area contributed by atoms with Crippen LogP contribution in [0.15, 0.2) is 55.6 Å². The Morgan fingerprint density at radius 1 is 0.839 bits per heavy atom. The van der Waals surface area contributed by atoms with Gasteiger partial charge in [-0.3, -0.25) is 0 Å². The predicted molar refractivity (Wildman–Crippen MR) is 121 cm³/mol. The Labute approximate surface area is 183 Å². The zero-order valence-corrected chi connectivity index (χ0v) is 18.1. The third-order valence-corrected chi connectivity index (χ3v) is 7.52. The Morgan fingerprint density at radius 3 is 2.32 bits per heavy atom. The fourth-order valence-corrected chi connectivity index (χ4v) is 5.69. The number of rotatable bonds is 6. The molecule has 2 aliphatic rings. The second-order valence-electron chi connectivity index (χ2n) is 9.31. The first-order valence-electron chi connectivity index (χ1n) is 11.5. The van der Waals surface area contributed by atoms with Gasteiger partial charge in [-0.1, -0.05) is 36.4 Å². The Bertz CT molecular complexity index is 961. The van der Waals surface area contributed by atoms with Crippen LogP contribution in [0.2, 0.25) is 0 Å². The summed E-state index contributed by atoms with van der Waals surface area (Å²) in [5.74, 6) is 0.0955. The van der Waals surface area contributed by atoms with Crippen molar-refractivity contribution in [2.45, 2.75) is 57.3 Å². The molecule has 4 atom stereocenters. The third kappa shape index (κ3) is 4.51. The summed E-state index contributed by atoms with van der Waals surface area (Å²) in [5.41, 5.74) is 1.38. The van der Waals surface area contributed by atoms with E-state index in [1.54, 1.807) is 24.3 Å². The topological polar surface area (TPSA) is 0 Å². The van der Waals surface area contributed by atoms with Crippen LogP contribution in [-0.4, -0.2) is 0 Å². The van der Waals surface area contributed by atoms with Gasteiger partial charge in [0.1, 0.15) is 5.82 Å². The standard InChI is InChI=1S/C28H31F3/c1-3-5-6-19-11-14-25(28(31)27(19)30)24-13-12-23(17-26(24)29)22-10-9-20-15-18(4-2)7-8-21(20)16-22/h3-4,11-14,17-18,20-22H,1-2,5-10,15-16H2. The van der Waals surface area contributed by atoms with Gasteiger partial charge in [0, 0.05) is 11.1 Å². The molecule has 0 spiro atoms. The molecular weight excluding hydrogens is 393 g/mol. The van der Waals surface area contributed by atoms with E-state index in [2.05, 4.69) is 19.2 Å². The summed E-state index contributed by atoms with van der Waals surface area (Å²) in [6, 6.07) is 8.09. The first-order valence-corrected chi connectivity index (χ1v) is 11.5. The van der Waals surface area contributed by atoms with E-state index in [0.717, 1.165) is 24.3 Å². The number of benzene rings is 2. The predicted octanol–water partition coefficient (Wildman–Crippen LogP) is 8.38. The molecule has 0 amide bonds. The molecule has 0 heterocycles. The van der Waals surface area contributed by atoms with Crippen molar-refractivity contribution in [2.75, 3.05) is 0 Å². The van der Waals surface area contributed by atoms with E-state index in [-0.39, 0.29) is 11.1 Å². The molecule has 0 radical (unpaired) electrons. The van der Waals surface area contributed by atoms with Crippen LogP contribution in [0.1, 0.15) is 62.0 Å². The lowest BCUT2D eigenvalue weighted by Crippen LogP contribution is -2.30. The number of fused-ring (bicyclic) bond motifs is 1. The monoisotopic (exact) mass is 424 g/mol. The highest BCUT2D eigenvalue weighted by Crippen LogP contribution is 2.48. The van der Waals surface area contributed by atoms with Crippen LogP contribution in [0.4, 0.5) is 13.2 Å². The highest BCUT2D eigenvalue weighted by Gasteiger charge is 2.35. The minimum Gasteiger partial charge on any atom is -0.206 e. The van der Waals surface area contributed by atoms with Crippen molar-refractivity contribution in [1.29, 1.82) is 0 Å². The molecule has 4 rings (SSSR count). The van der Waals surface area contributed by atoms with Gasteiger partial charge in [0.05, 0.1) is 0 Å². The number of hydrogen-bond donors (Lipinski definition) is 0. The molecule has 0 bridgehead atoms. The number of aryl methyl sites for hydroxylation is 1. The summed E-state index contributed by atoms with van der Waals surface area (Å²) < 4.78 is 44.2. The van der Waals surface area contributed by atoms with Crippen LogP contribution in [0.5, 0.6) is 0 Å². The number of allylic oxidation sites excluding steroid dienone is 2. The molecule has 0 saturated heterocycles. The zero-order chi connectivity index (χ0) is 22.0. The summed E-state index contributed by atoms with van der Waals surface area (Å²) in [6.45, 7) is 7.57. The second kappa shape index (κ2) is 9.46. The normalized spacial score (nSPS) is 25.6. The second-order valence-corrected chi connectivity index (χ2v) is 9.31. The van der Waals surface area contributed by atoms with Crippen LogP contribution in [0, 0.1) is 35.2 Å². The molecule has 31 heavy (non-hydrogen) atoms.